The summed E-state index contributed by atoms with van der Waals surface area (Å²) in [7, 11) is 0. The number of anilines is 2. The van der Waals surface area contributed by atoms with Crippen molar-refractivity contribution in [1.29, 1.82) is 0 Å². The maximum Gasteiger partial charge on any atom is 0.229 e. The van der Waals surface area contributed by atoms with Gasteiger partial charge in [-0.15, -0.1) is 0 Å². The second-order valence-corrected chi connectivity index (χ2v) is 6.55. The Hall–Kier alpha value is -2.95. The molecule has 1 saturated heterocycles. The van der Waals surface area contributed by atoms with Crippen LogP contribution in [0.1, 0.15) is 36.2 Å². The second kappa shape index (κ2) is 7.52. The number of carbonyl (C=O) groups excluding carboxylic acids is 3. The number of Topliss-reactive ketones (excluding diaryl/α,β-unsaturated/α-hetero) is 1. The Morgan fingerprint density at radius 1 is 1.08 bits per heavy atom. The van der Waals surface area contributed by atoms with Crippen molar-refractivity contribution in [3.05, 3.63) is 59.7 Å². The minimum absolute atomic E-state index is 0.0194. The van der Waals surface area contributed by atoms with Crippen molar-refractivity contribution in [2.45, 2.75) is 26.7 Å². The van der Waals surface area contributed by atoms with Crippen LogP contribution in [0.25, 0.3) is 0 Å². The number of nitrogens with one attached hydrogen (secondary N) is 1. The van der Waals surface area contributed by atoms with Gasteiger partial charge in [0, 0.05) is 29.9 Å². The minimum Gasteiger partial charge on any atom is -0.326 e. The molecular formula is C21H22N2O3. The summed E-state index contributed by atoms with van der Waals surface area (Å²) in [6, 6.07) is 14.6. The first kappa shape index (κ1) is 17.9. The predicted octanol–water partition coefficient (Wildman–Crippen LogP) is 3.44. The van der Waals surface area contributed by atoms with E-state index in [2.05, 4.69) is 12.2 Å². The summed E-state index contributed by atoms with van der Waals surface area (Å²) in [6.07, 6.45) is 1.15. The van der Waals surface area contributed by atoms with Crippen LogP contribution in [0.15, 0.2) is 48.5 Å². The van der Waals surface area contributed by atoms with E-state index in [1.807, 2.05) is 24.3 Å². The van der Waals surface area contributed by atoms with Crippen LogP contribution in [-0.2, 0) is 16.0 Å². The molecule has 0 aliphatic carbocycles. The lowest BCUT2D eigenvalue weighted by atomic mass is 10.1. The van der Waals surface area contributed by atoms with Crippen molar-refractivity contribution in [2.75, 3.05) is 16.8 Å². The van der Waals surface area contributed by atoms with E-state index in [9.17, 15) is 14.4 Å². The van der Waals surface area contributed by atoms with E-state index < -0.39 is 0 Å². The van der Waals surface area contributed by atoms with Crippen LogP contribution in [0.3, 0.4) is 0 Å². The van der Waals surface area contributed by atoms with Crippen molar-refractivity contribution in [3.63, 3.8) is 0 Å². The Morgan fingerprint density at radius 2 is 1.73 bits per heavy atom. The second-order valence-electron chi connectivity index (χ2n) is 6.55. The molecule has 1 aliphatic rings. The highest BCUT2D eigenvalue weighted by atomic mass is 16.2. The van der Waals surface area contributed by atoms with Crippen LogP contribution in [0, 0.1) is 5.92 Å². The van der Waals surface area contributed by atoms with Crippen molar-refractivity contribution >= 4 is 29.0 Å². The topological polar surface area (TPSA) is 66.5 Å². The third-order valence-electron chi connectivity index (χ3n) is 4.71. The molecule has 0 radical (unpaired) electrons. The highest BCUT2D eigenvalue weighted by Gasteiger charge is 2.35. The van der Waals surface area contributed by atoms with E-state index in [1.54, 1.807) is 29.2 Å². The molecule has 134 valence electrons. The van der Waals surface area contributed by atoms with Crippen molar-refractivity contribution in [2.24, 2.45) is 5.92 Å². The fourth-order valence-electron chi connectivity index (χ4n) is 3.08. The monoisotopic (exact) mass is 350 g/mol. The number of ketones is 1. The van der Waals surface area contributed by atoms with Crippen LogP contribution in [-0.4, -0.2) is 24.1 Å². The number of hydrogen-bond acceptors (Lipinski definition) is 3. The van der Waals surface area contributed by atoms with Crippen LogP contribution in [0.2, 0.25) is 0 Å². The number of nitrogens with zero attached hydrogens (tertiary/aromatic N) is 1. The zero-order chi connectivity index (χ0) is 18.7. The average molecular weight is 350 g/mol. The van der Waals surface area contributed by atoms with Gasteiger partial charge < -0.3 is 10.2 Å². The number of carbonyl (C=O) groups is 3. The zero-order valence-electron chi connectivity index (χ0n) is 15.0. The number of rotatable bonds is 5. The lowest BCUT2D eigenvalue weighted by Crippen LogP contribution is -2.28. The lowest BCUT2D eigenvalue weighted by Gasteiger charge is -2.17. The first-order chi connectivity index (χ1) is 12.5. The SMILES string of the molecule is CCc1ccc(N2CC(C(=O)Nc3ccc(C(C)=O)cc3)CC2=O)cc1. The summed E-state index contributed by atoms with van der Waals surface area (Å²) < 4.78 is 0. The minimum atomic E-state index is -0.388. The molecule has 2 aromatic carbocycles. The molecule has 26 heavy (non-hydrogen) atoms. The fraction of sp³-hybridized carbons (Fsp3) is 0.286. The zero-order valence-corrected chi connectivity index (χ0v) is 15.0. The van der Waals surface area contributed by atoms with Gasteiger partial charge in [0.15, 0.2) is 5.78 Å². The fourth-order valence-corrected chi connectivity index (χ4v) is 3.08. The molecule has 5 heteroatoms. The molecule has 3 rings (SSSR count). The smallest absolute Gasteiger partial charge is 0.229 e. The molecule has 0 bridgehead atoms. The van der Waals surface area contributed by atoms with Gasteiger partial charge in [-0.3, -0.25) is 14.4 Å². The maximum absolute atomic E-state index is 12.5. The third kappa shape index (κ3) is 3.82. The summed E-state index contributed by atoms with van der Waals surface area (Å²) in [6.45, 7) is 3.96. The van der Waals surface area contributed by atoms with Crippen LogP contribution >= 0.6 is 0 Å². The number of aryl methyl sites for hydroxylation is 1. The van der Waals surface area contributed by atoms with Gasteiger partial charge in [-0.1, -0.05) is 19.1 Å². The van der Waals surface area contributed by atoms with Gasteiger partial charge in [-0.2, -0.15) is 0 Å². The highest BCUT2D eigenvalue weighted by Crippen LogP contribution is 2.26. The standard InChI is InChI=1S/C21H22N2O3/c1-3-15-4-10-19(11-5-15)23-13-17(12-20(23)25)21(26)22-18-8-6-16(7-9-18)14(2)24/h4-11,17H,3,12-13H2,1-2H3,(H,22,26). The Bertz CT molecular complexity index is 825. The Kier molecular flexibility index (Phi) is 5.16. The maximum atomic E-state index is 12.5. The van der Waals surface area contributed by atoms with Crippen LogP contribution in [0.4, 0.5) is 11.4 Å². The van der Waals surface area contributed by atoms with E-state index in [1.165, 1.54) is 12.5 Å². The molecule has 1 unspecified atom stereocenters. The van der Waals surface area contributed by atoms with E-state index in [0.29, 0.717) is 17.8 Å². The summed E-state index contributed by atoms with van der Waals surface area (Å²) in [5.74, 6) is -0.627. The normalized spacial score (nSPS) is 16.6. The lowest BCUT2D eigenvalue weighted by molar-refractivity contribution is -0.122. The molecule has 0 saturated carbocycles. The van der Waals surface area contributed by atoms with E-state index in [0.717, 1.165) is 12.1 Å². The number of benzene rings is 2. The van der Waals surface area contributed by atoms with E-state index in [4.69, 9.17) is 0 Å². The van der Waals surface area contributed by atoms with Gasteiger partial charge >= 0.3 is 0 Å². The summed E-state index contributed by atoms with van der Waals surface area (Å²) in [5.41, 5.74) is 3.26. The Balaban J connectivity index is 1.65. The first-order valence-electron chi connectivity index (χ1n) is 8.79. The van der Waals surface area contributed by atoms with Gasteiger partial charge in [-0.25, -0.2) is 0 Å². The molecule has 1 heterocycles. The molecule has 5 nitrogen and oxygen atoms in total. The third-order valence-corrected chi connectivity index (χ3v) is 4.71. The van der Waals surface area contributed by atoms with Gasteiger partial charge in [0.2, 0.25) is 11.8 Å². The van der Waals surface area contributed by atoms with Gasteiger partial charge in [0.25, 0.3) is 0 Å². The van der Waals surface area contributed by atoms with E-state index >= 15 is 0 Å². The largest absolute Gasteiger partial charge is 0.326 e. The highest BCUT2D eigenvalue weighted by molar-refractivity contribution is 6.03. The molecule has 1 aliphatic heterocycles. The predicted molar refractivity (Wildman–Crippen MR) is 101 cm³/mol. The molecular weight excluding hydrogens is 328 g/mol. The average Bonchev–Trinajstić information content (AvgIpc) is 3.04. The number of amides is 2. The van der Waals surface area contributed by atoms with Crippen molar-refractivity contribution < 1.29 is 14.4 Å². The summed E-state index contributed by atoms with van der Waals surface area (Å²) in [5, 5.41) is 2.83. The van der Waals surface area contributed by atoms with Crippen molar-refractivity contribution in [3.8, 4) is 0 Å². The summed E-state index contributed by atoms with van der Waals surface area (Å²) in [4.78, 5) is 37.8. The number of hydrogen-bond donors (Lipinski definition) is 1. The van der Waals surface area contributed by atoms with E-state index in [-0.39, 0.29) is 29.9 Å². The van der Waals surface area contributed by atoms with Crippen LogP contribution < -0.4 is 10.2 Å². The van der Waals surface area contributed by atoms with Crippen molar-refractivity contribution in [1.82, 2.24) is 0 Å². The Morgan fingerprint density at radius 3 is 2.31 bits per heavy atom. The molecule has 1 fully saturated rings. The molecule has 1 N–H and O–H groups in total. The van der Waals surface area contributed by atoms with Gasteiger partial charge in [0.1, 0.15) is 0 Å². The first-order valence-corrected chi connectivity index (χ1v) is 8.79. The van der Waals surface area contributed by atoms with Gasteiger partial charge in [-0.05, 0) is 55.3 Å². The molecule has 1 atom stereocenters. The molecule has 0 aromatic heterocycles. The Labute approximate surface area is 153 Å². The van der Waals surface area contributed by atoms with Crippen LogP contribution in [0.5, 0.6) is 0 Å². The molecule has 2 amide bonds. The molecule has 2 aromatic rings. The summed E-state index contributed by atoms with van der Waals surface area (Å²) >= 11 is 0. The molecule has 0 spiro atoms. The quantitative estimate of drug-likeness (QED) is 0.840. The van der Waals surface area contributed by atoms with Gasteiger partial charge in [0.05, 0.1) is 5.92 Å².